The molecule has 13 heavy (non-hydrogen) atoms. The van der Waals surface area contributed by atoms with E-state index in [9.17, 15) is 4.79 Å². The molecule has 0 rings (SSSR count). The molecule has 0 heterocycles. The Kier molecular flexibility index (Phi) is 7.48. The van der Waals surface area contributed by atoms with Gasteiger partial charge in [0, 0.05) is 5.75 Å². The summed E-state index contributed by atoms with van der Waals surface area (Å²) in [6.45, 7) is 4.39. The fourth-order valence-electron chi connectivity index (χ4n) is 0.616. The fourth-order valence-corrected chi connectivity index (χ4v) is 1.06. The van der Waals surface area contributed by atoms with Crippen LogP contribution in [0.4, 0.5) is 0 Å². The van der Waals surface area contributed by atoms with Crippen LogP contribution in [0.15, 0.2) is 5.16 Å². The van der Waals surface area contributed by atoms with Crippen LogP contribution in [0.3, 0.4) is 0 Å². The largest absolute Gasteiger partial charge is 0.461 e. The number of hydrogen-bond donors (Lipinski definition) is 0. The lowest BCUT2D eigenvalue weighted by Gasteiger charge is -2.03. The first-order chi connectivity index (χ1) is 6.26. The van der Waals surface area contributed by atoms with Gasteiger partial charge >= 0.3 is 5.97 Å². The molecule has 0 amide bonds. The van der Waals surface area contributed by atoms with Crippen molar-refractivity contribution in [3.8, 4) is 0 Å². The lowest BCUT2D eigenvalue weighted by molar-refractivity contribution is -0.135. The maximum Gasteiger partial charge on any atom is 0.356 e. The molecule has 0 N–H and O–H groups in total. The van der Waals surface area contributed by atoms with Crippen LogP contribution in [-0.2, 0) is 14.4 Å². The molecule has 0 aromatic rings. The normalized spacial score (nSPS) is 11.2. The van der Waals surface area contributed by atoms with Gasteiger partial charge in [-0.2, -0.15) is 11.8 Å². The minimum absolute atomic E-state index is 0.330. The van der Waals surface area contributed by atoms with Gasteiger partial charge in [0.15, 0.2) is 5.71 Å². The number of oxime groups is 1. The van der Waals surface area contributed by atoms with E-state index < -0.39 is 5.97 Å². The van der Waals surface area contributed by atoms with E-state index in [0.29, 0.717) is 24.7 Å². The summed E-state index contributed by atoms with van der Waals surface area (Å²) in [5, 5.41) is 3.67. The minimum atomic E-state index is -0.398. The number of carbonyl (C=O) groups is 1. The van der Waals surface area contributed by atoms with Crippen molar-refractivity contribution in [3.63, 3.8) is 0 Å². The zero-order valence-corrected chi connectivity index (χ0v) is 9.02. The number of nitrogens with zero attached hydrogens (tertiary/aromatic N) is 1. The van der Waals surface area contributed by atoms with Crippen molar-refractivity contribution in [2.45, 2.75) is 13.8 Å². The highest BCUT2D eigenvalue weighted by Gasteiger charge is 2.12. The molecule has 0 saturated heterocycles. The Morgan fingerprint density at radius 3 is 2.54 bits per heavy atom. The molecule has 0 radical (unpaired) electrons. The Morgan fingerprint density at radius 2 is 2.08 bits per heavy atom. The molecular formula is C8H15NO3S. The standard InChI is InChI=1S/C8H15NO3S/c1-4-11-8(10)7(6-13-3)9-12-5-2/h4-6H2,1-3H3. The van der Waals surface area contributed by atoms with E-state index >= 15 is 0 Å². The molecule has 0 aliphatic heterocycles. The molecule has 0 aliphatic carbocycles. The van der Waals surface area contributed by atoms with Gasteiger partial charge in [0.2, 0.25) is 0 Å². The highest BCUT2D eigenvalue weighted by molar-refractivity contribution is 7.99. The van der Waals surface area contributed by atoms with Crippen LogP contribution >= 0.6 is 11.8 Å². The second-order valence-corrected chi connectivity index (χ2v) is 2.98. The van der Waals surface area contributed by atoms with Crippen molar-refractivity contribution in [1.29, 1.82) is 0 Å². The number of carbonyl (C=O) groups excluding carboxylic acids is 1. The first-order valence-corrected chi connectivity index (χ1v) is 5.50. The van der Waals surface area contributed by atoms with E-state index in [4.69, 9.17) is 9.57 Å². The van der Waals surface area contributed by atoms with Crippen molar-refractivity contribution in [1.82, 2.24) is 0 Å². The monoisotopic (exact) mass is 205 g/mol. The van der Waals surface area contributed by atoms with Crippen LogP contribution in [0.1, 0.15) is 13.8 Å². The highest BCUT2D eigenvalue weighted by atomic mass is 32.2. The van der Waals surface area contributed by atoms with E-state index in [1.165, 1.54) is 11.8 Å². The Morgan fingerprint density at radius 1 is 1.38 bits per heavy atom. The second-order valence-electron chi connectivity index (χ2n) is 2.11. The highest BCUT2D eigenvalue weighted by Crippen LogP contribution is 1.97. The third kappa shape index (κ3) is 5.52. The number of hydrogen-bond acceptors (Lipinski definition) is 5. The molecule has 5 heteroatoms. The van der Waals surface area contributed by atoms with Gasteiger partial charge in [-0.15, -0.1) is 0 Å². The maximum absolute atomic E-state index is 11.2. The Labute approximate surface area is 82.7 Å². The average Bonchev–Trinajstić information content (AvgIpc) is 2.12. The van der Waals surface area contributed by atoms with Gasteiger partial charge in [0.1, 0.15) is 6.61 Å². The minimum Gasteiger partial charge on any atom is -0.461 e. The molecule has 0 unspecified atom stereocenters. The Balaban J connectivity index is 4.13. The van der Waals surface area contributed by atoms with Gasteiger partial charge < -0.3 is 9.57 Å². The molecule has 76 valence electrons. The molecule has 0 saturated carbocycles. The van der Waals surface area contributed by atoms with Crippen LogP contribution in [-0.4, -0.2) is 36.9 Å². The zero-order valence-electron chi connectivity index (χ0n) is 8.20. The molecule has 0 spiro atoms. The number of rotatable bonds is 6. The van der Waals surface area contributed by atoms with Gasteiger partial charge in [-0.1, -0.05) is 5.16 Å². The molecule has 4 nitrogen and oxygen atoms in total. The lowest BCUT2D eigenvalue weighted by atomic mass is 10.4. The molecular weight excluding hydrogens is 190 g/mol. The van der Waals surface area contributed by atoms with E-state index in [2.05, 4.69) is 5.16 Å². The first kappa shape index (κ1) is 12.3. The number of ether oxygens (including phenoxy) is 1. The fraction of sp³-hybridized carbons (Fsp3) is 0.750. The quantitative estimate of drug-likeness (QED) is 0.372. The van der Waals surface area contributed by atoms with E-state index in [0.717, 1.165) is 0 Å². The van der Waals surface area contributed by atoms with Crippen LogP contribution in [0.2, 0.25) is 0 Å². The predicted molar refractivity (Wildman–Crippen MR) is 54.1 cm³/mol. The molecule has 0 atom stereocenters. The second kappa shape index (κ2) is 7.91. The number of thioether (sulfide) groups is 1. The van der Waals surface area contributed by atoms with Crippen molar-refractivity contribution in [2.24, 2.45) is 5.16 Å². The molecule has 0 fully saturated rings. The summed E-state index contributed by atoms with van der Waals surface area (Å²) in [6.07, 6.45) is 1.89. The summed E-state index contributed by atoms with van der Waals surface area (Å²) in [6, 6.07) is 0. The van der Waals surface area contributed by atoms with E-state index in [1.54, 1.807) is 6.92 Å². The van der Waals surface area contributed by atoms with Crippen molar-refractivity contribution < 1.29 is 14.4 Å². The molecule has 0 aromatic heterocycles. The summed E-state index contributed by atoms with van der Waals surface area (Å²) in [7, 11) is 0. The summed E-state index contributed by atoms with van der Waals surface area (Å²) in [5.41, 5.74) is 0.330. The third-order valence-electron chi connectivity index (χ3n) is 1.10. The van der Waals surface area contributed by atoms with Crippen LogP contribution in [0.25, 0.3) is 0 Å². The Bertz CT molecular complexity index is 182. The van der Waals surface area contributed by atoms with E-state index in [-0.39, 0.29) is 0 Å². The maximum atomic E-state index is 11.2. The summed E-state index contributed by atoms with van der Waals surface area (Å²) in [5.74, 6) is 0.115. The average molecular weight is 205 g/mol. The summed E-state index contributed by atoms with van der Waals surface area (Å²) >= 11 is 1.50. The van der Waals surface area contributed by atoms with E-state index in [1.807, 2.05) is 13.2 Å². The van der Waals surface area contributed by atoms with Crippen LogP contribution in [0, 0.1) is 0 Å². The summed E-state index contributed by atoms with van der Waals surface area (Å²) < 4.78 is 4.79. The molecule has 0 aliphatic rings. The van der Waals surface area contributed by atoms with Crippen molar-refractivity contribution >= 4 is 23.4 Å². The topological polar surface area (TPSA) is 47.9 Å². The van der Waals surface area contributed by atoms with Crippen molar-refractivity contribution in [3.05, 3.63) is 0 Å². The van der Waals surface area contributed by atoms with Gasteiger partial charge in [0.05, 0.1) is 6.61 Å². The first-order valence-electron chi connectivity index (χ1n) is 4.11. The Hall–Kier alpha value is -0.710. The zero-order chi connectivity index (χ0) is 10.1. The SMILES string of the molecule is CCON=C(CSC)C(=O)OCC. The number of esters is 1. The molecule has 0 bridgehead atoms. The van der Waals surface area contributed by atoms with Crippen LogP contribution in [0.5, 0.6) is 0 Å². The van der Waals surface area contributed by atoms with Gasteiger partial charge in [-0.25, -0.2) is 4.79 Å². The predicted octanol–water partition coefficient (Wildman–Crippen LogP) is 1.31. The smallest absolute Gasteiger partial charge is 0.356 e. The summed E-state index contributed by atoms with van der Waals surface area (Å²) in [4.78, 5) is 16.0. The van der Waals surface area contributed by atoms with Gasteiger partial charge in [0.25, 0.3) is 0 Å². The van der Waals surface area contributed by atoms with Crippen molar-refractivity contribution in [2.75, 3.05) is 25.2 Å². The van der Waals surface area contributed by atoms with Crippen LogP contribution < -0.4 is 0 Å². The van der Waals surface area contributed by atoms with Gasteiger partial charge in [-0.05, 0) is 20.1 Å². The third-order valence-corrected chi connectivity index (χ3v) is 1.66. The van der Waals surface area contributed by atoms with Gasteiger partial charge in [-0.3, -0.25) is 0 Å². The lowest BCUT2D eigenvalue weighted by Crippen LogP contribution is -2.20. The molecule has 0 aromatic carbocycles.